The van der Waals surface area contributed by atoms with Gasteiger partial charge in [-0.25, -0.2) is 0 Å². The molecule has 1 amide bonds. The highest BCUT2D eigenvalue weighted by Gasteiger charge is 2.61. The Morgan fingerprint density at radius 2 is 1.72 bits per heavy atom. The number of hydrogen-bond acceptors (Lipinski definition) is 10. The van der Waals surface area contributed by atoms with Crippen LogP contribution in [0.15, 0.2) is 34.8 Å². The van der Waals surface area contributed by atoms with E-state index in [-0.39, 0.29) is 36.1 Å². The number of amides is 1. The Kier molecular flexibility index (Phi) is 5.99. The van der Waals surface area contributed by atoms with E-state index in [9.17, 15) is 34.2 Å². The molecule has 0 radical (unpaired) electrons. The number of primary amides is 1. The number of allylic oxidation sites excluding steroid dienone is 2. The number of benzene rings is 1. The highest BCUT2D eigenvalue weighted by atomic mass is 16.6. The fraction of sp³-hybridized carbons (Fsp3) is 0.400. The summed E-state index contributed by atoms with van der Waals surface area (Å²) in [5, 5.41) is 22.1. The van der Waals surface area contributed by atoms with Crippen molar-refractivity contribution in [2.45, 2.75) is 38.7 Å². The van der Waals surface area contributed by atoms with Crippen molar-refractivity contribution in [2.75, 3.05) is 19.0 Å². The number of carbonyl (C=O) groups excluding carboxylic acids is 5. The lowest BCUT2D eigenvalue weighted by Gasteiger charge is -2.46. The maximum absolute atomic E-state index is 14.0. The van der Waals surface area contributed by atoms with Crippen LogP contribution in [0.2, 0.25) is 0 Å². The van der Waals surface area contributed by atoms with Crippen LogP contribution < -0.4 is 15.4 Å². The van der Waals surface area contributed by atoms with E-state index in [0.717, 1.165) is 6.92 Å². The standard InChI is InChI=1S/C25H26N2O9/c1-10(28)35-17-6-5-15(27(3)4)14-8-12-7-13-9-16(30)20(24(26)33)22(32)25(13,34)23(36-11(2)29)18(12)21(31)19(14)17/h5-6,12-13,30,34H,7-9H2,1-4H3,(H2,26,33)/t12-,13+,25-/m1/s1. The van der Waals surface area contributed by atoms with Crippen LogP contribution in [0.5, 0.6) is 5.75 Å². The molecule has 11 heteroatoms. The third-order valence-electron chi connectivity index (χ3n) is 6.86. The second-order valence-electron chi connectivity index (χ2n) is 9.41. The van der Waals surface area contributed by atoms with Gasteiger partial charge in [-0.2, -0.15) is 0 Å². The van der Waals surface area contributed by atoms with Gasteiger partial charge in [-0.3, -0.25) is 24.0 Å². The molecule has 0 saturated carbocycles. The van der Waals surface area contributed by atoms with Gasteiger partial charge in [0.25, 0.3) is 5.91 Å². The Morgan fingerprint density at radius 1 is 1.08 bits per heavy atom. The van der Waals surface area contributed by atoms with Gasteiger partial charge in [-0.05, 0) is 36.5 Å². The van der Waals surface area contributed by atoms with E-state index in [1.807, 2.05) is 0 Å². The molecule has 4 rings (SSSR count). The molecule has 0 heterocycles. The summed E-state index contributed by atoms with van der Waals surface area (Å²) in [5.74, 6) is -7.52. The molecule has 4 N–H and O–H groups in total. The molecule has 1 aromatic carbocycles. The summed E-state index contributed by atoms with van der Waals surface area (Å²) in [5.41, 5.74) is 3.09. The molecule has 3 aliphatic rings. The monoisotopic (exact) mass is 498 g/mol. The molecule has 1 aromatic rings. The average Bonchev–Trinajstić information content (AvgIpc) is 2.74. The van der Waals surface area contributed by atoms with Crippen molar-refractivity contribution < 1.29 is 43.7 Å². The smallest absolute Gasteiger partial charge is 0.308 e. The molecular formula is C25H26N2O9. The molecule has 0 saturated heterocycles. The molecule has 3 aliphatic carbocycles. The van der Waals surface area contributed by atoms with Gasteiger partial charge in [0.05, 0.1) is 5.56 Å². The van der Waals surface area contributed by atoms with Crippen LogP contribution in [-0.2, 0) is 30.3 Å². The Morgan fingerprint density at radius 3 is 2.28 bits per heavy atom. The molecule has 190 valence electrons. The number of Topliss-reactive ketones (excluding diaryl/α,β-unsaturated/α-hetero) is 2. The lowest BCUT2D eigenvalue weighted by Crippen LogP contribution is -2.58. The first kappa shape index (κ1) is 25.1. The van der Waals surface area contributed by atoms with Gasteiger partial charge in [0.1, 0.15) is 17.1 Å². The molecule has 0 fully saturated rings. The lowest BCUT2D eigenvalue weighted by atomic mass is 9.60. The number of fused-ring (bicyclic) bond motifs is 3. The predicted molar refractivity (Wildman–Crippen MR) is 124 cm³/mol. The molecule has 0 unspecified atom stereocenters. The van der Waals surface area contributed by atoms with Gasteiger partial charge in [0.2, 0.25) is 5.78 Å². The molecular weight excluding hydrogens is 472 g/mol. The maximum atomic E-state index is 14.0. The second-order valence-corrected chi connectivity index (χ2v) is 9.41. The van der Waals surface area contributed by atoms with Gasteiger partial charge in [-0.15, -0.1) is 0 Å². The van der Waals surface area contributed by atoms with Crippen molar-refractivity contribution in [3.63, 3.8) is 0 Å². The topological polar surface area (TPSA) is 174 Å². The zero-order chi connectivity index (χ0) is 26.7. The molecule has 0 bridgehead atoms. The van der Waals surface area contributed by atoms with Crippen molar-refractivity contribution in [3.05, 3.63) is 45.9 Å². The molecule has 36 heavy (non-hydrogen) atoms. The van der Waals surface area contributed by atoms with E-state index in [0.29, 0.717) is 11.3 Å². The van der Waals surface area contributed by atoms with Gasteiger partial charge in [0.15, 0.2) is 17.1 Å². The predicted octanol–water partition coefficient (Wildman–Crippen LogP) is 0.871. The van der Waals surface area contributed by atoms with Gasteiger partial charge >= 0.3 is 11.9 Å². The van der Waals surface area contributed by atoms with Crippen LogP contribution in [0.25, 0.3) is 0 Å². The normalized spacial score (nSPS) is 25.0. The van der Waals surface area contributed by atoms with E-state index in [1.165, 1.54) is 13.0 Å². The number of hydrogen-bond donors (Lipinski definition) is 3. The first-order valence-electron chi connectivity index (χ1n) is 11.3. The Labute approximate surface area is 206 Å². The van der Waals surface area contributed by atoms with E-state index in [1.54, 1.807) is 25.1 Å². The summed E-state index contributed by atoms with van der Waals surface area (Å²) in [7, 11) is 3.57. The third kappa shape index (κ3) is 3.67. The van der Waals surface area contributed by atoms with E-state index < -0.39 is 63.9 Å². The highest BCUT2D eigenvalue weighted by molar-refractivity contribution is 6.24. The van der Waals surface area contributed by atoms with Crippen LogP contribution >= 0.6 is 0 Å². The number of aliphatic hydroxyl groups excluding tert-OH is 1. The number of carbonyl (C=O) groups is 5. The minimum atomic E-state index is -2.58. The lowest BCUT2D eigenvalue weighted by molar-refractivity contribution is -0.153. The summed E-state index contributed by atoms with van der Waals surface area (Å²) in [6, 6.07) is 3.18. The molecule has 0 spiro atoms. The molecule has 0 aliphatic heterocycles. The van der Waals surface area contributed by atoms with Gasteiger partial charge in [-0.1, -0.05) is 0 Å². The van der Waals surface area contributed by atoms with Gasteiger partial charge in [0, 0.05) is 51.5 Å². The number of ketones is 2. The van der Waals surface area contributed by atoms with Crippen molar-refractivity contribution in [1.29, 1.82) is 0 Å². The number of esters is 2. The van der Waals surface area contributed by atoms with E-state index in [2.05, 4.69) is 0 Å². The summed E-state index contributed by atoms with van der Waals surface area (Å²) in [6.45, 7) is 2.23. The highest BCUT2D eigenvalue weighted by Crippen LogP contribution is 2.53. The Bertz CT molecular complexity index is 1310. The van der Waals surface area contributed by atoms with Crippen LogP contribution in [0, 0.1) is 11.8 Å². The SMILES string of the molecule is CC(=O)OC1=C2C(=O)c3c(OC(C)=O)ccc(N(C)C)c3C[C@H]2C[C@H]2CC(O)=C(C(N)=O)C(=O)[C@@]12O. The Hall–Kier alpha value is -3.99. The minimum absolute atomic E-state index is 0.0133. The third-order valence-corrected chi connectivity index (χ3v) is 6.86. The number of aliphatic hydroxyl groups is 2. The summed E-state index contributed by atoms with van der Waals surface area (Å²) < 4.78 is 10.6. The van der Waals surface area contributed by atoms with Crippen LogP contribution in [0.1, 0.15) is 42.6 Å². The molecule has 3 atom stereocenters. The first-order valence-corrected chi connectivity index (χ1v) is 11.3. The van der Waals surface area contributed by atoms with Crippen molar-refractivity contribution in [1.82, 2.24) is 0 Å². The zero-order valence-electron chi connectivity index (χ0n) is 20.2. The summed E-state index contributed by atoms with van der Waals surface area (Å²) in [4.78, 5) is 64.8. The fourth-order valence-corrected chi connectivity index (χ4v) is 5.50. The summed E-state index contributed by atoms with van der Waals surface area (Å²) >= 11 is 0. The number of ether oxygens (including phenoxy) is 2. The van der Waals surface area contributed by atoms with E-state index in [4.69, 9.17) is 15.2 Å². The van der Waals surface area contributed by atoms with Crippen LogP contribution in [0.4, 0.5) is 5.69 Å². The van der Waals surface area contributed by atoms with Crippen molar-refractivity contribution in [2.24, 2.45) is 17.6 Å². The van der Waals surface area contributed by atoms with E-state index >= 15 is 0 Å². The zero-order valence-corrected chi connectivity index (χ0v) is 20.2. The first-order chi connectivity index (χ1) is 16.8. The van der Waals surface area contributed by atoms with Crippen LogP contribution in [-0.4, -0.2) is 59.3 Å². The summed E-state index contributed by atoms with van der Waals surface area (Å²) in [6.07, 6.45) is 0.0100. The van der Waals surface area contributed by atoms with Crippen molar-refractivity contribution in [3.8, 4) is 5.75 Å². The van der Waals surface area contributed by atoms with Gasteiger partial charge < -0.3 is 30.3 Å². The number of rotatable bonds is 4. The average molecular weight is 498 g/mol. The number of nitrogens with zero attached hydrogens (tertiary/aromatic N) is 1. The number of anilines is 1. The minimum Gasteiger partial charge on any atom is -0.511 e. The number of nitrogens with two attached hydrogens (primary N) is 1. The quantitative estimate of drug-likeness (QED) is 0.307. The fourth-order valence-electron chi connectivity index (χ4n) is 5.50. The van der Waals surface area contributed by atoms with Crippen LogP contribution in [0.3, 0.4) is 0 Å². The molecule has 0 aromatic heterocycles. The Balaban J connectivity index is 2.01. The second kappa shape index (κ2) is 8.59. The maximum Gasteiger partial charge on any atom is 0.308 e. The largest absolute Gasteiger partial charge is 0.511 e. The van der Waals surface area contributed by atoms with Crippen molar-refractivity contribution >= 4 is 35.1 Å². The molecule has 11 nitrogen and oxygen atoms in total.